The second kappa shape index (κ2) is 3.70. The topological polar surface area (TPSA) is 21.3 Å². The van der Waals surface area contributed by atoms with E-state index in [0.29, 0.717) is 12.5 Å². The van der Waals surface area contributed by atoms with Crippen LogP contribution < -0.4 is 5.32 Å². The molecular formula is C12H13BrClNO. The Balaban J connectivity index is 2.14. The largest absolute Gasteiger partial charge is 0.369 e. The first-order valence-corrected chi connectivity index (χ1v) is 6.60. The van der Waals surface area contributed by atoms with Gasteiger partial charge in [-0.25, -0.2) is 0 Å². The van der Waals surface area contributed by atoms with Crippen molar-refractivity contribution in [2.24, 2.45) is 0 Å². The Morgan fingerprint density at radius 3 is 3.19 bits per heavy atom. The number of hydrogen-bond acceptors (Lipinski definition) is 2. The molecule has 1 N–H and O–H groups in total. The van der Waals surface area contributed by atoms with Gasteiger partial charge in [0.1, 0.15) is 0 Å². The smallest absolute Gasteiger partial charge is 0.0863 e. The highest BCUT2D eigenvalue weighted by molar-refractivity contribution is 9.10. The molecule has 0 radical (unpaired) electrons. The average molecular weight is 303 g/mol. The van der Waals surface area contributed by atoms with Crippen LogP contribution in [0.5, 0.6) is 0 Å². The number of hydrogen-bond donors (Lipinski definition) is 1. The van der Waals surface area contributed by atoms with Gasteiger partial charge in [0.15, 0.2) is 0 Å². The Bertz CT molecular complexity index is 451. The molecule has 0 aromatic heterocycles. The van der Waals surface area contributed by atoms with Crippen LogP contribution in [0.1, 0.15) is 24.0 Å². The normalized spacial score (nSPS) is 32.3. The average Bonchev–Trinajstić information content (AvgIpc) is 2.65. The standard InChI is InChI=1S/C12H13BrClNO/c1-12-6-15-4-9(12)7-2-3-10(13)11(14)8(7)5-16-12/h2-3,9,15H,4-6H2,1H3/t9-,12-/m0/s1. The molecule has 2 heterocycles. The Hall–Kier alpha value is -0.0900. The van der Waals surface area contributed by atoms with E-state index in [1.807, 2.05) is 6.07 Å². The van der Waals surface area contributed by atoms with Crippen LogP contribution in [0.2, 0.25) is 5.02 Å². The van der Waals surface area contributed by atoms with E-state index in [1.54, 1.807) is 0 Å². The molecular weight excluding hydrogens is 289 g/mol. The van der Waals surface area contributed by atoms with E-state index in [9.17, 15) is 0 Å². The lowest BCUT2D eigenvalue weighted by molar-refractivity contribution is -0.0517. The lowest BCUT2D eigenvalue weighted by Gasteiger charge is -2.37. The fraction of sp³-hybridized carbons (Fsp3) is 0.500. The summed E-state index contributed by atoms with van der Waals surface area (Å²) in [5.41, 5.74) is 2.42. The van der Waals surface area contributed by atoms with Crippen LogP contribution >= 0.6 is 27.5 Å². The van der Waals surface area contributed by atoms with Crippen molar-refractivity contribution in [3.63, 3.8) is 0 Å². The summed E-state index contributed by atoms with van der Waals surface area (Å²) in [6, 6.07) is 4.20. The van der Waals surface area contributed by atoms with E-state index in [2.05, 4.69) is 34.2 Å². The van der Waals surface area contributed by atoms with Crippen LogP contribution in [-0.4, -0.2) is 18.7 Å². The second-order valence-corrected chi connectivity index (χ2v) is 5.95. The minimum atomic E-state index is -0.0653. The highest BCUT2D eigenvalue weighted by atomic mass is 79.9. The van der Waals surface area contributed by atoms with E-state index < -0.39 is 0 Å². The number of ether oxygens (including phenoxy) is 1. The summed E-state index contributed by atoms with van der Waals surface area (Å²) in [6.07, 6.45) is 0. The molecule has 0 spiro atoms. The fourth-order valence-electron chi connectivity index (χ4n) is 2.71. The quantitative estimate of drug-likeness (QED) is 0.795. The summed E-state index contributed by atoms with van der Waals surface area (Å²) in [6.45, 7) is 4.69. The van der Waals surface area contributed by atoms with E-state index in [1.165, 1.54) is 5.56 Å². The van der Waals surface area contributed by atoms with Crippen molar-refractivity contribution in [1.82, 2.24) is 5.32 Å². The summed E-state index contributed by atoms with van der Waals surface area (Å²) in [4.78, 5) is 0. The van der Waals surface area contributed by atoms with Crippen molar-refractivity contribution in [3.05, 3.63) is 32.8 Å². The third-order valence-corrected chi connectivity index (χ3v) is 5.04. The number of rotatable bonds is 0. The third-order valence-electron chi connectivity index (χ3n) is 3.72. The van der Waals surface area contributed by atoms with E-state index >= 15 is 0 Å². The number of nitrogens with one attached hydrogen (secondary N) is 1. The maximum absolute atomic E-state index is 6.30. The molecule has 2 atom stereocenters. The Morgan fingerprint density at radius 2 is 2.38 bits per heavy atom. The van der Waals surface area contributed by atoms with Crippen LogP contribution in [0.15, 0.2) is 16.6 Å². The third kappa shape index (κ3) is 1.46. The fourth-order valence-corrected chi connectivity index (χ4v) is 3.31. The first kappa shape index (κ1) is 11.0. The van der Waals surface area contributed by atoms with Crippen molar-refractivity contribution < 1.29 is 4.74 Å². The predicted molar refractivity (Wildman–Crippen MR) is 68.0 cm³/mol. The van der Waals surface area contributed by atoms with Gasteiger partial charge >= 0.3 is 0 Å². The van der Waals surface area contributed by atoms with Crippen LogP contribution in [0.3, 0.4) is 0 Å². The first-order valence-electron chi connectivity index (χ1n) is 5.43. The van der Waals surface area contributed by atoms with Crippen molar-refractivity contribution in [2.45, 2.75) is 25.0 Å². The van der Waals surface area contributed by atoms with E-state index in [0.717, 1.165) is 28.1 Å². The molecule has 0 aliphatic carbocycles. The molecule has 1 aromatic rings. The second-order valence-electron chi connectivity index (χ2n) is 4.71. The van der Waals surface area contributed by atoms with Crippen molar-refractivity contribution in [1.29, 1.82) is 0 Å². The molecule has 1 aromatic carbocycles. The summed E-state index contributed by atoms with van der Waals surface area (Å²) in [5.74, 6) is 0.418. The number of benzene rings is 1. The zero-order valence-corrected chi connectivity index (χ0v) is 11.4. The number of fused-ring (bicyclic) bond motifs is 3. The van der Waals surface area contributed by atoms with E-state index in [4.69, 9.17) is 16.3 Å². The van der Waals surface area contributed by atoms with Crippen molar-refractivity contribution in [2.75, 3.05) is 13.1 Å². The van der Waals surface area contributed by atoms with Crippen LogP contribution in [0, 0.1) is 0 Å². The van der Waals surface area contributed by atoms with Crippen LogP contribution in [0.4, 0.5) is 0 Å². The molecule has 2 aliphatic rings. The van der Waals surface area contributed by atoms with Gasteiger partial charge in [-0.05, 0) is 34.5 Å². The van der Waals surface area contributed by atoms with Gasteiger partial charge in [-0.3, -0.25) is 0 Å². The molecule has 0 amide bonds. The van der Waals surface area contributed by atoms with Gasteiger partial charge in [0.25, 0.3) is 0 Å². The molecule has 0 unspecified atom stereocenters. The summed E-state index contributed by atoms with van der Waals surface area (Å²) in [5, 5.41) is 4.20. The van der Waals surface area contributed by atoms with Crippen molar-refractivity contribution >= 4 is 27.5 Å². The minimum absolute atomic E-state index is 0.0653. The Kier molecular flexibility index (Phi) is 2.55. The van der Waals surface area contributed by atoms with Crippen molar-refractivity contribution in [3.8, 4) is 0 Å². The molecule has 2 aliphatic heterocycles. The molecule has 86 valence electrons. The van der Waals surface area contributed by atoms with Crippen LogP contribution in [0.25, 0.3) is 0 Å². The van der Waals surface area contributed by atoms with Gasteiger partial charge in [0.05, 0.1) is 17.2 Å². The summed E-state index contributed by atoms with van der Waals surface area (Å²) < 4.78 is 6.93. The van der Waals surface area contributed by atoms with Gasteiger partial charge in [-0.1, -0.05) is 17.7 Å². The first-order chi connectivity index (χ1) is 7.62. The Morgan fingerprint density at radius 1 is 1.56 bits per heavy atom. The SMILES string of the molecule is C[C@]12CNC[C@H]1c1ccc(Br)c(Cl)c1CO2. The molecule has 1 fully saturated rings. The molecule has 2 nitrogen and oxygen atoms in total. The summed E-state index contributed by atoms with van der Waals surface area (Å²) >= 11 is 9.76. The van der Waals surface area contributed by atoms with Gasteiger partial charge < -0.3 is 10.1 Å². The molecule has 16 heavy (non-hydrogen) atoms. The highest BCUT2D eigenvalue weighted by Crippen LogP contribution is 2.44. The van der Waals surface area contributed by atoms with Gasteiger partial charge in [-0.2, -0.15) is 0 Å². The van der Waals surface area contributed by atoms with Gasteiger partial charge in [-0.15, -0.1) is 0 Å². The lowest BCUT2D eigenvalue weighted by Crippen LogP contribution is -2.39. The van der Waals surface area contributed by atoms with Gasteiger partial charge in [0.2, 0.25) is 0 Å². The maximum Gasteiger partial charge on any atom is 0.0863 e. The molecule has 0 saturated carbocycles. The Labute approximate surface area is 108 Å². The minimum Gasteiger partial charge on any atom is -0.369 e. The monoisotopic (exact) mass is 301 g/mol. The maximum atomic E-state index is 6.30. The van der Waals surface area contributed by atoms with E-state index in [-0.39, 0.29) is 5.60 Å². The summed E-state index contributed by atoms with van der Waals surface area (Å²) in [7, 11) is 0. The lowest BCUT2D eigenvalue weighted by atomic mass is 9.81. The molecule has 4 heteroatoms. The van der Waals surface area contributed by atoms with Crippen LogP contribution in [-0.2, 0) is 11.3 Å². The predicted octanol–water partition coefficient (Wildman–Crippen LogP) is 3.08. The molecule has 0 bridgehead atoms. The number of halogens is 2. The molecule has 1 saturated heterocycles. The molecule has 3 rings (SSSR count). The zero-order valence-electron chi connectivity index (χ0n) is 9.02. The van der Waals surface area contributed by atoms with Gasteiger partial charge in [0, 0.05) is 29.0 Å². The zero-order chi connectivity index (χ0) is 11.3. The highest BCUT2D eigenvalue weighted by Gasteiger charge is 2.44.